The summed E-state index contributed by atoms with van der Waals surface area (Å²) >= 11 is 0. The van der Waals surface area contributed by atoms with E-state index in [1.54, 1.807) is 6.07 Å². The third-order valence-corrected chi connectivity index (χ3v) is 6.18. The van der Waals surface area contributed by atoms with Crippen LogP contribution in [0.2, 0.25) is 0 Å². The van der Waals surface area contributed by atoms with E-state index < -0.39 is 10.0 Å². The van der Waals surface area contributed by atoms with Gasteiger partial charge in [-0.05, 0) is 31.0 Å². The van der Waals surface area contributed by atoms with E-state index in [2.05, 4.69) is 14.9 Å². The first-order valence-electron chi connectivity index (χ1n) is 9.06. The van der Waals surface area contributed by atoms with E-state index in [4.69, 9.17) is 14.0 Å². The summed E-state index contributed by atoms with van der Waals surface area (Å²) in [5, 5.41) is 4.07. The Bertz CT molecular complexity index is 860. The number of methoxy groups -OCH3 is 2. The summed E-state index contributed by atoms with van der Waals surface area (Å²) in [6, 6.07) is 4.58. The lowest BCUT2D eigenvalue weighted by atomic mass is 9.89. The highest BCUT2D eigenvalue weighted by Crippen LogP contribution is 2.35. The maximum Gasteiger partial charge on any atom is 0.240 e. The SMILES string of the molecule is COCCNS(=O)(=O)c1ccc(OC)c(-c2noc(C3CCCCC3)n2)c1. The van der Waals surface area contributed by atoms with Gasteiger partial charge in [-0.1, -0.05) is 24.4 Å². The molecule has 0 atom stereocenters. The van der Waals surface area contributed by atoms with Crippen LogP contribution in [0.3, 0.4) is 0 Å². The topological polar surface area (TPSA) is 104 Å². The second-order valence-electron chi connectivity index (χ2n) is 6.54. The Balaban J connectivity index is 1.89. The van der Waals surface area contributed by atoms with Crippen LogP contribution in [0.15, 0.2) is 27.6 Å². The molecule has 1 N–H and O–H groups in total. The molecule has 0 bridgehead atoms. The zero-order valence-corrected chi connectivity index (χ0v) is 16.4. The maximum atomic E-state index is 12.5. The smallest absolute Gasteiger partial charge is 0.240 e. The molecule has 8 nitrogen and oxygen atoms in total. The van der Waals surface area contributed by atoms with Gasteiger partial charge < -0.3 is 14.0 Å². The molecule has 1 heterocycles. The normalized spacial score (nSPS) is 15.8. The number of rotatable bonds is 8. The minimum absolute atomic E-state index is 0.110. The van der Waals surface area contributed by atoms with Crippen LogP contribution in [0.4, 0.5) is 0 Å². The van der Waals surface area contributed by atoms with Crippen LogP contribution < -0.4 is 9.46 Å². The van der Waals surface area contributed by atoms with E-state index in [0.29, 0.717) is 23.0 Å². The van der Waals surface area contributed by atoms with Gasteiger partial charge in [0.15, 0.2) is 0 Å². The van der Waals surface area contributed by atoms with E-state index in [1.807, 2.05) is 0 Å². The first-order valence-corrected chi connectivity index (χ1v) is 10.5. The molecule has 1 saturated carbocycles. The van der Waals surface area contributed by atoms with Crippen LogP contribution in [-0.4, -0.2) is 45.9 Å². The first-order chi connectivity index (χ1) is 13.0. The fourth-order valence-corrected chi connectivity index (χ4v) is 4.29. The Hall–Kier alpha value is -1.97. The van der Waals surface area contributed by atoms with Crippen LogP contribution in [0.5, 0.6) is 5.75 Å². The molecule has 1 aliphatic rings. The quantitative estimate of drug-likeness (QED) is 0.685. The van der Waals surface area contributed by atoms with Crippen molar-refractivity contribution in [1.29, 1.82) is 0 Å². The third kappa shape index (κ3) is 4.66. The molecule has 148 valence electrons. The number of sulfonamides is 1. The summed E-state index contributed by atoms with van der Waals surface area (Å²) < 4.78 is 43.1. The molecule has 1 aromatic carbocycles. The fourth-order valence-electron chi connectivity index (χ4n) is 3.25. The number of aromatic nitrogens is 2. The van der Waals surface area contributed by atoms with Crippen molar-refractivity contribution in [2.45, 2.75) is 42.9 Å². The zero-order chi connectivity index (χ0) is 19.3. The fraction of sp³-hybridized carbons (Fsp3) is 0.556. The molecule has 27 heavy (non-hydrogen) atoms. The van der Waals surface area contributed by atoms with Crippen molar-refractivity contribution in [1.82, 2.24) is 14.9 Å². The third-order valence-electron chi connectivity index (χ3n) is 4.72. The molecular formula is C18H25N3O5S. The Kier molecular flexibility index (Phi) is 6.46. The molecule has 0 amide bonds. The number of ether oxygens (including phenoxy) is 2. The molecule has 0 spiro atoms. The van der Waals surface area contributed by atoms with Gasteiger partial charge in [-0.2, -0.15) is 4.98 Å². The van der Waals surface area contributed by atoms with Crippen molar-refractivity contribution in [2.24, 2.45) is 0 Å². The van der Waals surface area contributed by atoms with Crippen molar-refractivity contribution in [2.75, 3.05) is 27.4 Å². The number of nitrogens with zero attached hydrogens (tertiary/aromatic N) is 2. The van der Waals surface area contributed by atoms with Gasteiger partial charge in [-0.25, -0.2) is 13.1 Å². The second kappa shape index (κ2) is 8.81. The molecule has 1 aliphatic carbocycles. The molecule has 0 saturated heterocycles. The van der Waals surface area contributed by atoms with E-state index >= 15 is 0 Å². The molecule has 1 aromatic heterocycles. The maximum absolute atomic E-state index is 12.5. The van der Waals surface area contributed by atoms with Gasteiger partial charge in [0.1, 0.15) is 5.75 Å². The molecule has 0 aliphatic heterocycles. The molecule has 3 rings (SSSR count). The van der Waals surface area contributed by atoms with Gasteiger partial charge >= 0.3 is 0 Å². The Morgan fingerprint density at radius 2 is 2.00 bits per heavy atom. The van der Waals surface area contributed by atoms with E-state index in [1.165, 1.54) is 32.8 Å². The van der Waals surface area contributed by atoms with Crippen LogP contribution in [0.25, 0.3) is 11.4 Å². The molecular weight excluding hydrogens is 370 g/mol. The number of benzene rings is 1. The summed E-state index contributed by atoms with van der Waals surface area (Å²) in [5.41, 5.74) is 0.484. The van der Waals surface area contributed by atoms with E-state index in [9.17, 15) is 8.42 Å². The van der Waals surface area contributed by atoms with Gasteiger partial charge in [0, 0.05) is 19.6 Å². The summed E-state index contributed by atoms with van der Waals surface area (Å²) in [6.45, 7) is 0.478. The van der Waals surface area contributed by atoms with Crippen LogP contribution >= 0.6 is 0 Å². The Labute approximate surface area is 159 Å². The largest absolute Gasteiger partial charge is 0.496 e. The number of hydrogen-bond donors (Lipinski definition) is 1. The Morgan fingerprint density at radius 1 is 1.22 bits per heavy atom. The van der Waals surface area contributed by atoms with Gasteiger partial charge in [0.25, 0.3) is 0 Å². The van der Waals surface area contributed by atoms with Crippen molar-refractivity contribution in [3.8, 4) is 17.1 Å². The predicted molar refractivity (Wildman–Crippen MR) is 99.2 cm³/mol. The summed E-state index contributed by atoms with van der Waals surface area (Å²) in [5.74, 6) is 1.70. The van der Waals surface area contributed by atoms with Crippen molar-refractivity contribution in [3.05, 3.63) is 24.1 Å². The average molecular weight is 395 g/mol. The zero-order valence-electron chi connectivity index (χ0n) is 15.6. The lowest BCUT2D eigenvalue weighted by Gasteiger charge is -2.17. The van der Waals surface area contributed by atoms with Crippen LogP contribution in [0.1, 0.15) is 43.9 Å². The predicted octanol–water partition coefficient (Wildman–Crippen LogP) is 2.72. The van der Waals surface area contributed by atoms with Gasteiger partial charge in [0.2, 0.25) is 21.7 Å². The standard InChI is InChI=1S/C18H25N3O5S/c1-24-11-10-19-27(22,23)14-8-9-16(25-2)15(12-14)17-20-18(26-21-17)13-6-4-3-5-7-13/h8-9,12-13,19H,3-7,10-11H2,1-2H3. The summed E-state index contributed by atoms with van der Waals surface area (Å²) in [6.07, 6.45) is 5.63. The molecule has 0 unspecified atom stereocenters. The number of nitrogens with one attached hydrogen (secondary N) is 1. The van der Waals surface area contributed by atoms with Crippen molar-refractivity contribution in [3.63, 3.8) is 0 Å². The highest BCUT2D eigenvalue weighted by atomic mass is 32.2. The minimum atomic E-state index is -3.67. The first kappa shape index (κ1) is 19.8. The Morgan fingerprint density at radius 3 is 2.70 bits per heavy atom. The molecule has 1 fully saturated rings. The lowest BCUT2D eigenvalue weighted by Crippen LogP contribution is -2.27. The van der Waals surface area contributed by atoms with E-state index in [-0.39, 0.29) is 24.0 Å². The highest BCUT2D eigenvalue weighted by molar-refractivity contribution is 7.89. The monoisotopic (exact) mass is 395 g/mol. The molecule has 9 heteroatoms. The van der Waals surface area contributed by atoms with Gasteiger partial charge in [-0.3, -0.25) is 0 Å². The summed E-state index contributed by atoms with van der Waals surface area (Å²) in [4.78, 5) is 4.63. The lowest BCUT2D eigenvalue weighted by molar-refractivity contribution is 0.204. The summed E-state index contributed by atoms with van der Waals surface area (Å²) in [7, 11) is -0.640. The van der Waals surface area contributed by atoms with Crippen molar-refractivity contribution < 1.29 is 22.4 Å². The highest BCUT2D eigenvalue weighted by Gasteiger charge is 2.24. The van der Waals surface area contributed by atoms with Gasteiger partial charge in [-0.15, -0.1) is 0 Å². The van der Waals surface area contributed by atoms with Gasteiger partial charge in [0.05, 0.1) is 24.2 Å². The second-order valence-corrected chi connectivity index (χ2v) is 8.31. The minimum Gasteiger partial charge on any atom is -0.496 e. The van der Waals surface area contributed by atoms with Crippen LogP contribution in [0, 0.1) is 0 Å². The number of hydrogen-bond acceptors (Lipinski definition) is 7. The molecule has 0 radical (unpaired) electrons. The van der Waals surface area contributed by atoms with Crippen molar-refractivity contribution >= 4 is 10.0 Å². The van der Waals surface area contributed by atoms with Crippen LogP contribution in [-0.2, 0) is 14.8 Å². The molecule has 2 aromatic rings. The average Bonchev–Trinajstić information content (AvgIpc) is 3.18. The van der Waals surface area contributed by atoms with E-state index in [0.717, 1.165) is 25.7 Å².